The molecular formula is C11H11BrN2O5. The van der Waals surface area contributed by atoms with Crippen LogP contribution in [0.3, 0.4) is 0 Å². The molecule has 19 heavy (non-hydrogen) atoms. The van der Waals surface area contributed by atoms with Gasteiger partial charge in [-0.15, -0.1) is 0 Å². The summed E-state index contributed by atoms with van der Waals surface area (Å²) >= 11 is 3.28. The lowest BCUT2D eigenvalue weighted by molar-refractivity contribution is -0.143. The predicted molar refractivity (Wildman–Crippen MR) is 70.0 cm³/mol. The number of H-pyrrole nitrogens is 2. The minimum Gasteiger partial charge on any atom is -0.480 e. The second kappa shape index (κ2) is 5.55. The highest BCUT2D eigenvalue weighted by Gasteiger charge is 2.14. The molecule has 0 fully saturated rings. The van der Waals surface area contributed by atoms with E-state index in [-0.39, 0.29) is 12.3 Å². The molecule has 0 spiro atoms. The third-order valence-corrected chi connectivity index (χ3v) is 3.18. The minimum atomic E-state index is -1.10. The maximum Gasteiger partial charge on any atom is 0.329 e. The van der Waals surface area contributed by atoms with Gasteiger partial charge in [-0.1, -0.05) is 15.9 Å². The topological polar surface area (TPSA) is 115 Å². The van der Waals surface area contributed by atoms with Crippen molar-refractivity contribution in [2.45, 2.75) is 6.10 Å². The van der Waals surface area contributed by atoms with Crippen molar-refractivity contribution in [3.63, 3.8) is 0 Å². The van der Waals surface area contributed by atoms with E-state index in [2.05, 4.69) is 25.9 Å². The van der Waals surface area contributed by atoms with E-state index < -0.39 is 18.7 Å². The van der Waals surface area contributed by atoms with Gasteiger partial charge in [0.25, 0.3) is 0 Å². The van der Waals surface area contributed by atoms with Crippen LogP contribution in [0.5, 0.6) is 0 Å². The van der Waals surface area contributed by atoms with Crippen LogP contribution < -0.4 is 5.69 Å². The van der Waals surface area contributed by atoms with Crippen LogP contribution in [0, 0.1) is 0 Å². The largest absolute Gasteiger partial charge is 0.480 e. The number of hydrogen-bond donors (Lipinski definition) is 4. The Morgan fingerprint density at radius 3 is 2.63 bits per heavy atom. The first kappa shape index (κ1) is 13.8. The van der Waals surface area contributed by atoms with Crippen LogP contribution in [0.15, 0.2) is 21.4 Å². The smallest absolute Gasteiger partial charge is 0.329 e. The molecule has 2 aromatic rings. The quantitative estimate of drug-likeness (QED) is 0.645. The standard InChI is InChI=1S/C11H11BrN2O5/c12-6-2-8-7(13-11(18)14-8)1-5(6)9(15)3-19-4-10(16)17/h1-2,9,15H,3-4H2,(H,16,17)(H2,13,14,18). The molecular weight excluding hydrogens is 320 g/mol. The Labute approximate surface area is 115 Å². The van der Waals surface area contributed by atoms with Gasteiger partial charge in [0, 0.05) is 4.47 Å². The number of rotatable bonds is 5. The van der Waals surface area contributed by atoms with Crippen molar-refractivity contribution in [3.05, 3.63) is 32.7 Å². The molecule has 0 aliphatic rings. The molecule has 4 N–H and O–H groups in total. The first-order valence-corrected chi connectivity index (χ1v) is 6.15. The average molecular weight is 331 g/mol. The first-order valence-electron chi connectivity index (χ1n) is 5.36. The number of carboxylic acid groups (broad SMARTS) is 1. The molecule has 0 bridgehead atoms. The number of nitrogens with one attached hydrogen (secondary N) is 2. The number of aliphatic hydroxyl groups is 1. The summed E-state index contributed by atoms with van der Waals surface area (Å²) in [7, 11) is 0. The van der Waals surface area contributed by atoms with E-state index in [0.717, 1.165) is 0 Å². The number of imidazole rings is 1. The number of aliphatic hydroxyl groups excluding tert-OH is 1. The van der Waals surface area contributed by atoms with Crippen LogP contribution in [0.4, 0.5) is 0 Å². The third kappa shape index (κ3) is 3.22. The summed E-state index contributed by atoms with van der Waals surface area (Å²) in [5.74, 6) is -1.10. The maximum atomic E-state index is 11.1. The van der Waals surface area contributed by atoms with Gasteiger partial charge in [-0.3, -0.25) is 0 Å². The third-order valence-electron chi connectivity index (χ3n) is 2.49. The Kier molecular flexibility index (Phi) is 4.03. The van der Waals surface area contributed by atoms with Gasteiger partial charge >= 0.3 is 11.7 Å². The van der Waals surface area contributed by atoms with E-state index in [9.17, 15) is 14.7 Å². The van der Waals surface area contributed by atoms with Crippen molar-refractivity contribution in [3.8, 4) is 0 Å². The van der Waals surface area contributed by atoms with Crippen molar-refractivity contribution >= 4 is 32.9 Å². The lowest BCUT2D eigenvalue weighted by atomic mass is 10.1. The number of halogens is 1. The number of fused-ring (bicyclic) bond motifs is 1. The normalized spacial score (nSPS) is 12.7. The molecule has 0 amide bonds. The second-order valence-electron chi connectivity index (χ2n) is 3.92. The fraction of sp³-hybridized carbons (Fsp3) is 0.273. The van der Waals surface area contributed by atoms with E-state index in [1.54, 1.807) is 12.1 Å². The van der Waals surface area contributed by atoms with Gasteiger partial charge in [0.2, 0.25) is 0 Å². The first-order chi connectivity index (χ1) is 8.97. The highest BCUT2D eigenvalue weighted by molar-refractivity contribution is 9.10. The summed E-state index contributed by atoms with van der Waals surface area (Å²) < 4.78 is 5.43. The van der Waals surface area contributed by atoms with Crippen LogP contribution in [0.2, 0.25) is 0 Å². The predicted octanol–water partition coefficient (Wildman–Crippen LogP) is 0.753. The van der Waals surface area contributed by atoms with E-state index in [0.29, 0.717) is 21.1 Å². The zero-order valence-corrected chi connectivity index (χ0v) is 11.2. The molecule has 1 aromatic carbocycles. The fourth-order valence-corrected chi connectivity index (χ4v) is 2.28. The Balaban J connectivity index is 2.20. The van der Waals surface area contributed by atoms with E-state index in [1.807, 2.05) is 0 Å². The fourth-order valence-electron chi connectivity index (χ4n) is 1.68. The number of benzene rings is 1. The van der Waals surface area contributed by atoms with Crippen molar-refractivity contribution in [1.29, 1.82) is 0 Å². The SMILES string of the molecule is O=C(O)COCC(O)c1cc2[nH]c(=O)[nH]c2cc1Br. The van der Waals surface area contributed by atoms with Crippen LogP contribution in [-0.2, 0) is 9.53 Å². The summed E-state index contributed by atoms with van der Waals surface area (Å²) in [4.78, 5) is 26.6. The molecule has 0 aliphatic heterocycles. The Hall–Kier alpha value is -1.64. The summed E-state index contributed by atoms with van der Waals surface area (Å²) in [6.45, 7) is -0.622. The molecule has 102 valence electrons. The lowest BCUT2D eigenvalue weighted by Gasteiger charge is -2.12. The van der Waals surface area contributed by atoms with Gasteiger partial charge in [0.1, 0.15) is 12.7 Å². The monoisotopic (exact) mass is 330 g/mol. The van der Waals surface area contributed by atoms with Crippen molar-refractivity contribution in [2.24, 2.45) is 0 Å². The van der Waals surface area contributed by atoms with Gasteiger partial charge in [-0.25, -0.2) is 9.59 Å². The average Bonchev–Trinajstić information content (AvgIpc) is 2.66. The lowest BCUT2D eigenvalue weighted by Crippen LogP contribution is -2.13. The van der Waals surface area contributed by atoms with Crippen molar-refractivity contribution in [1.82, 2.24) is 9.97 Å². The molecule has 1 unspecified atom stereocenters. The number of aliphatic carboxylic acids is 1. The second-order valence-corrected chi connectivity index (χ2v) is 4.78. The summed E-state index contributed by atoms with van der Waals surface area (Å²) in [5.41, 5.74) is 1.34. The van der Waals surface area contributed by atoms with E-state index in [4.69, 9.17) is 9.84 Å². The molecule has 1 heterocycles. The zero-order valence-electron chi connectivity index (χ0n) is 9.64. The summed E-state index contributed by atoms with van der Waals surface area (Å²) in [6.07, 6.45) is -0.989. The molecule has 0 saturated carbocycles. The molecule has 8 heteroatoms. The van der Waals surface area contributed by atoms with E-state index in [1.165, 1.54) is 0 Å². The molecule has 0 radical (unpaired) electrons. The van der Waals surface area contributed by atoms with E-state index >= 15 is 0 Å². The van der Waals surface area contributed by atoms with Crippen LogP contribution in [-0.4, -0.2) is 39.4 Å². The number of carboxylic acids is 1. The van der Waals surface area contributed by atoms with Gasteiger partial charge < -0.3 is 24.9 Å². The molecule has 2 rings (SSSR count). The highest BCUT2D eigenvalue weighted by atomic mass is 79.9. The number of aromatic nitrogens is 2. The molecule has 0 aliphatic carbocycles. The van der Waals surface area contributed by atoms with Crippen LogP contribution >= 0.6 is 15.9 Å². The number of aromatic amines is 2. The summed E-state index contributed by atoms with van der Waals surface area (Å²) in [6, 6.07) is 3.26. The van der Waals surface area contributed by atoms with Gasteiger partial charge in [0.15, 0.2) is 0 Å². The molecule has 7 nitrogen and oxygen atoms in total. The van der Waals surface area contributed by atoms with Crippen molar-refractivity contribution < 1.29 is 19.7 Å². The highest BCUT2D eigenvalue weighted by Crippen LogP contribution is 2.27. The van der Waals surface area contributed by atoms with Crippen molar-refractivity contribution in [2.75, 3.05) is 13.2 Å². The molecule has 1 aromatic heterocycles. The maximum absolute atomic E-state index is 11.1. The summed E-state index contributed by atoms with van der Waals surface area (Å²) in [5, 5.41) is 18.4. The zero-order chi connectivity index (χ0) is 14.0. The van der Waals surface area contributed by atoms with Gasteiger partial charge in [0.05, 0.1) is 17.6 Å². The Morgan fingerprint density at radius 2 is 2.00 bits per heavy atom. The number of hydrogen-bond acceptors (Lipinski definition) is 4. The Bertz CT molecular complexity index is 663. The number of carbonyl (C=O) groups is 1. The van der Waals surface area contributed by atoms with Crippen LogP contribution in [0.1, 0.15) is 11.7 Å². The molecule has 0 saturated heterocycles. The van der Waals surface area contributed by atoms with Gasteiger partial charge in [-0.2, -0.15) is 0 Å². The Morgan fingerprint density at radius 1 is 1.37 bits per heavy atom. The van der Waals surface area contributed by atoms with Gasteiger partial charge in [-0.05, 0) is 17.7 Å². The number of ether oxygens (including phenoxy) is 1. The van der Waals surface area contributed by atoms with Crippen LogP contribution in [0.25, 0.3) is 11.0 Å². The molecule has 1 atom stereocenters. The minimum absolute atomic E-state index is 0.148.